The monoisotopic (exact) mass is 355 g/mol. The summed E-state index contributed by atoms with van der Waals surface area (Å²) in [6.45, 7) is 1.44. The van der Waals surface area contributed by atoms with Crippen LogP contribution in [0.1, 0.15) is 11.1 Å². The lowest BCUT2D eigenvalue weighted by atomic mass is 10.1. The lowest BCUT2D eigenvalue weighted by Crippen LogP contribution is -2.26. The Balaban J connectivity index is 2.18. The molecule has 0 spiro atoms. The lowest BCUT2D eigenvalue weighted by Gasteiger charge is -2.09. The molecule has 0 bridgehead atoms. The number of ketones is 1. The minimum absolute atomic E-state index is 0.0977. The van der Waals surface area contributed by atoms with Crippen molar-refractivity contribution in [3.05, 3.63) is 58.7 Å². The Hall–Kier alpha value is -2.90. The predicted molar refractivity (Wildman–Crippen MR) is 81.3 cm³/mol. The Morgan fingerprint density at radius 1 is 0.960 bits per heavy atom. The number of anilines is 1. The van der Waals surface area contributed by atoms with Gasteiger partial charge in [0.15, 0.2) is 0 Å². The Morgan fingerprint density at radius 3 is 1.96 bits per heavy atom. The van der Waals surface area contributed by atoms with Crippen LogP contribution in [0.15, 0.2) is 24.3 Å². The van der Waals surface area contributed by atoms with Gasteiger partial charge in [0, 0.05) is 24.1 Å². The van der Waals surface area contributed by atoms with Crippen LogP contribution in [-0.4, -0.2) is 18.8 Å². The van der Waals surface area contributed by atoms with E-state index >= 15 is 0 Å². The van der Waals surface area contributed by atoms with Crippen LogP contribution in [0.3, 0.4) is 0 Å². The number of carbonyl (C=O) groups is 2. The van der Waals surface area contributed by atoms with Gasteiger partial charge in [0.2, 0.25) is 5.78 Å². The van der Waals surface area contributed by atoms with Gasteiger partial charge >= 0.3 is 0 Å². The second-order valence-electron chi connectivity index (χ2n) is 5.23. The van der Waals surface area contributed by atoms with Crippen molar-refractivity contribution in [1.82, 2.24) is 0 Å². The molecule has 2 aromatic carbocycles. The van der Waals surface area contributed by atoms with Gasteiger partial charge in [0.1, 0.15) is 34.7 Å². The van der Waals surface area contributed by atoms with Gasteiger partial charge in [0.05, 0.1) is 7.11 Å². The summed E-state index contributed by atoms with van der Waals surface area (Å²) in [7, 11) is 1.21. The highest BCUT2D eigenvalue weighted by atomic mass is 19.1. The van der Waals surface area contributed by atoms with E-state index in [2.05, 4.69) is 4.74 Å². The molecule has 132 valence electrons. The first-order chi connectivity index (χ1) is 11.7. The Labute approximate surface area is 140 Å². The quantitative estimate of drug-likeness (QED) is 0.661. The summed E-state index contributed by atoms with van der Waals surface area (Å²) < 4.78 is 59.6. The van der Waals surface area contributed by atoms with Crippen LogP contribution in [0.5, 0.6) is 5.75 Å². The summed E-state index contributed by atoms with van der Waals surface area (Å²) in [6, 6.07) is 3.63. The molecule has 0 unspecified atom stereocenters. The van der Waals surface area contributed by atoms with Crippen LogP contribution >= 0.6 is 0 Å². The molecule has 1 amide bonds. The smallest absolute Gasteiger partial charge is 0.292 e. The lowest BCUT2D eigenvalue weighted by molar-refractivity contribution is -0.134. The molecule has 0 aliphatic carbocycles. The topological polar surface area (TPSA) is 55.4 Å². The van der Waals surface area contributed by atoms with Gasteiger partial charge in [-0.25, -0.2) is 17.6 Å². The molecule has 0 saturated carbocycles. The maximum absolute atomic E-state index is 13.8. The van der Waals surface area contributed by atoms with Gasteiger partial charge in [-0.05, 0) is 24.6 Å². The number of hydrogen-bond donors (Lipinski definition) is 1. The number of amides is 1. The van der Waals surface area contributed by atoms with Gasteiger partial charge in [-0.3, -0.25) is 9.59 Å². The summed E-state index contributed by atoms with van der Waals surface area (Å²) in [5.41, 5.74) is -1.17. The van der Waals surface area contributed by atoms with Crippen molar-refractivity contribution in [1.29, 1.82) is 0 Å². The molecule has 2 rings (SSSR count). The fraction of sp³-hybridized carbons (Fsp3) is 0.176. The first kappa shape index (κ1) is 18.4. The van der Waals surface area contributed by atoms with Crippen LogP contribution in [0.2, 0.25) is 0 Å². The number of benzene rings is 2. The molecular formula is C17H13F4NO3. The van der Waals surface area contributed by atoms with Gasteiger partial charge in [-0.1, -0.05) is 0 Å². The fourth-order valence-corrected chi connectivity index (χ4v) is 2.11. The summed E-state index contributed by atoms with van der Waals surface area (Å²) in [6.07, 6.45) is -0.914. The number of methoxy groups -OCH3 is 1. The van der Waals surface area contributed by atoms with E-state index in [1.54, 1.807) is 5.32 Å². The minimum atomic E-state index is -1.39. The molecule has 0 saturated heterocycles. The van der Waals surface area contributed by atoms with Crippen molar-refractivity contribution >= 4 is 17.4 Å². The number of halogens is 4. The van der Waals surface area contributed by atoms with Crippen LogP contribution < -0.4 is 10.1 Å². The average molecular weight is 355 g/mol. The largest absolute Gasteiger partial charge is 0.497 e. The minimum Gasteiger partial charge on any atom is -0.497 e. The highest BCUT2D eigenvalue weighted by Gasteiger charge is 2.22. The third kappa shape index (κ3) is 4.14. The number of aryl methyl sites for hydroxylation is 1. The molecule has 0 atom stereocenters. The Bertz CT molecular complexity index is 806. The molecule has 25 heavy (non-hydrogen) atoms. The first-order valence-corrected chi connectivity index (χ1v) is 7.04. The molecule has 1 N–H and O–H groups in total. The fourth-order valence-electron chi connectivity index (χ4n) is 2.11. The first-order valence-electron chi connectivity index (χ1n) is 7.04. The van der Waals surface area contributed by atoms with Crippen LogP contribution in [0.4, 0.5) is 23.2 Å². The normalized spacial score (nSPS) is 10.5. The highest BCUT2D eigenvalue weighted by Crippen LogP contribution is 2.22. The molecule has 0 radical (unpaired) electrons. The summed E-state index contributed by atoms with van der Waals surface area (Å²) in [5, 5.41) is 1.78. The third-order valence-electron chi connectivity index (χ3n) is 3.37. The zero-order valence-electron chi connectivity index (χ0n) is 13.3. The van der Waals surface area contributed by atoms with Crippen LogP contribution in [-0.2, 0) is 16.0 Å². The Kier molecular flexibility index (Phi) is 5.41. The van der Waals surface area contributed by atoms with Crippen molar-refractivity contribution in [2.45, 2.75) is 13.3 Å². The number of ether oxygens (including phenoxy) is 1. The zero-order chi connectivity index (χ0) is 18.7. The summed E-state index contributed by atoms with van der Waals surface area (Å²) >= 11 is 0. The molecule has 2 aromatic rings. The van der Waals surface area contributed by atoms with Crippen molar-refractivity contribution < 1.29 is 31.9 Å². The molecule has 0 aromatic heterocycles. The molecular weight excluding hydrogens is 342 g/mol. The van der Waals surface area contributed by atoms with E-state index in [0.717, 1.165) is 24.3 Å². The van der Waals surface area contributed by atoms with E-state index in [-0.39, 0.29) is 11.3 Å². The molecule has 0 aliphatic heterocycles. The van der Waals surface area contributed by atoms with Gasteiger partial charge < -0.3 is 10.1 Å². The maximum atomic E-state index is 13.8. The van der Waals surface area contributed by atoms with Crippen molar-refractivity contribution in [2.75, 3.05) is 12.4 Å². The number of rotatable bonds is 5. The van der Waals surface area contributed by atoms with Gasteiger partial charge in [-0.15, -0.1) is 0 Å². The molecule has 4 nitrogen and oxygen atoms in total. The Morgan fingerprint density at radius 2 is 1.48 bits per heavy atom. The van der Waals surface area contributed by atoms with E-state index in [1.165, 1.54) is 14.0 Å². The molecule has 0 fully saturated rings. The summed E-state index contributed by atoms with van der Waals surface area (Å²) in [5.74, 6) is -7.05. The second kappa shape index (κ2) is 7.33. The third-order valence-corrected chi connectivity index (χ3v) is 3.37. The zero-order valence-corrected chi connectivity index (χ0v) is 13.3. The maximum Gasteiger partial charge on any atom is 0.292 e. The average Bonchev–Trinajstić information content (AvgIpc) is 2.53. The van der Waals surface area contributed by atoms with Crippen molar-refractivity contribution in [3.63, 3.8) is 0 Å². The number of carbonyl (C=O) groups excluding carboxylic acids is 2. The van der Waals surface area contributed by atoms with E-state index in [1.807, 2.05) is 0 Å². The van der Waals surface area contributed by atoms with Crippen molar-refractivity contribution in [3.8, 4) is 5.75 Å². The van der Waals surface area contributed by atoms with Gasteiger partial charge in [0.25, 0.3) is 5.91 Å². The molecule has 0 heterocycles. The van der Waals surface area contributed by atoms with Crippen molar-refractivity contribution in [2.24, 2.45) is 0 Å². The number of Topliss-reactive ketones (excluding diaryl/α,β-unsaturated/α-hetero) is 1. The van der Waals surface area contributed by atoms with Crippen LogP contribution in [0, 0.1) is 30.2 Å². The van der Waals surface area contributed by atoms with E-state index < -0.39 is 52.6 Å². The van der Waals surface area contributed by atoms with E-state index in [9.17, 15) is 27.2 Å². The molecule has 8 heteroatoms. The van der Waals surface area contributed by atoms with E-state index in [0.29, 0.717) is 0 Å². The standard InChI is InChI=1S/C17H13F4NO3/c1-8-3-13(20)16(14(21)4-8)22-17(24)15(23)7-10-11(18)5-9(25-2)6-12(10)19/h3-6H,7H2,1-2H3,(H,22,24). The predicted octanol–water partition coefficient (Wildman–Crippen LogP) is 3.31. The SMILES string of the molecule is COc1cc(F)c(CC(=O)C(=O)Nc2c(F)cc(C)cc2F)c(F)c1. The second-order valence-corrected chi connectivity index (χ2v) is 5.23. The van der Waals surface area contributed by atoms with Crippen LogP contribution in [0.25, 0.3) is 0 Å². The highest BCUT2D eigenvalue weighted by molar-refractivity contribution is 6.41. The molecule has 0 aliphatic rings. The van der Waals surface area contributed by atoms with E-state index in [4.69, 9.17) is 0 Å². The number of nitrogens with one attached hydrogen (secondary N) is 1. The van der Waals surface area contributed by atoms with Gasteiger partial charge in [-0.2, -0.15) is 0 Å². The number of hydrogen-bond acceptors (Lipinski definition) is 3. The summed E-state index contributed by atoms with van der Waals surface area (Å²) in [4.78, 5) is 23.6.